The van der Waals surface area contributed by atoms with Crippen LogP contribution in [0.1, 0.15) is 19.4 Å². The molecule has 0 heterocycles. The molecule has 0 fully saturated rings. The third kappa shape index (κ3) is 2.72. The smallest absolute Gasteiger partial charge is 0.130 e. The summed E-state index contributed by atoms with van der Waals surface area (Å²) >= 11 is 3.38. The van der Waals surface area contributed by atoms with Crippen LogP contribution in [-0.2, 0) is 6.42 Å². The van der Waals surface area contributed by atoms with Crippen molar-refractivity contribution in [2.45, 2.75) is 25.8 Å². The predicted molar refractivity (Wildman–Crippen MR) is 62.6 cm³/mol. The maximum atomic E-state index is 9.50. The minimum atomic E-state index is 0.0380. The lowest BCUT2D eigenvalue weighted by molar-refractivity contribution is 0.419. The van der Waals surface area contributed by atoms with Crippen LogP contribution in [0.2, 0.25) is 0 Å². The second kappa shape index (κ2) is 4.32. The normalized spacial score (nSPS) is 11.7. The van der Waals surface area contributed by atoms with Crippen molar-refractivity contribution in [1.29, 1.82) is 0 Å². The van der Waals surface area contributed by atoms with E-state index in [1.165, 1.54) is 0 Å². The van der Waals surface area contributed by atoms with Crippen molar-refractivity contribution in [1.82, 2.24) is 5.32 Å². The summed E-state index contributed by atoms with van der Waals surface area (Å²) in [5, 5.41) is 12.7. The summed E-state index contributed by atoms with van der Waals surface area (Å²) in [6.07, 6.45) is 0.873. The van der Waals surface area contributed by atoms with Crippen molar-refractivity contribution in [3.05, 3.63) is 28.2 Å². The van der Waals surface area contributed by atoms with Crippen LogP contribution in [-0.4, -0.2) is 17.7 Å². The van der Waals surface area contributed by atoms with Gasteiger partial charge in [0.15, 0.2) is 0 Å². The zero-order valence-electron chi connectivity index (χ0n) is 8.76. The van der Waals surface area contributed by atoms with Crippen LogP contribution in [0.15, 0.2) is 22.7 Å². The van der Waals surface area contributed by atoms with E-state index in [2.05, 4.69) is 35.1 Å². The van der Waals surface area contributed by atoms with E-state index in [-0.39, 0.29) is 5.54 Å². The summed E-state index contributed by atoms with van der Waals surface area (Å²) in [5.74, 6) is 0.300. The number of phenols is 1. The van der Waals surface area contributed by atoms with Crippen LogP contribution >= 0.6 is 15.9 Å². The lowest BCUT2D eigenvalue weighted by Crippen LogP contribution is -2.38. The fourth-order valence-electron chi connectivity index (χ4n) is 1.27. The fraction of sp³-hybridized carbons (Fsp3) is 0.455. The Balaban J connectivity index is 2.92. The van der Waals surface area contributed by atoms with E-state index in [4.69, 9.17) is 0 Å². The Bertz CT molecular complexity index is 323. The highest BCUT2D eigenvalue weighted by Crippen LogP contribution is 2.29. The minimum absolute atomic E-state index is 0.0380. The third-order valence-electron chi connectivity index (χ3n) is 2.37. The van der Waals surface area contributed by atoms with Crippen molar-refractivity contribution in [2.24, 2.45) is 0 Å². The molecule has 78 valence electrons. The molecule has 14 heavy (non-hydrogen) atoms. The molecular formula is C11H16BrNO. The van der Waals surface area contributed by atoms with Gasteiger partial charge in [0, 0.05) is 5.54 Å². The number of hydrogen-bond acceptors (Lipinski definition) is 2. The first-order valence-corrected chi connectivity index (χ1v) is 5.41. The molecule has 0 atom stereocenters. The van der Waals surface area contributed by atoms with Crippen LogP contribution in [0.3, 0.4) is 0 Å². The van der Waals surface area contributed by atoms with E-state index in [1.54, 1.807) is 6.07 Å². The first kappa shape index (κ1) is 11.5. The summed E-state index contributed by atoms with van der Waals surface area (Å²) in [4.78, 5) is 0. The molecule has 0 radical (unpaired) electrons. The second-order valence-electron chi connectivity index (χ2n) is 4.06. The van der Waals surface area contributed by atoms with Gasteiger partial charge in [-0.1, -0.05) is 12.1 Å². The standard InChI is InChI=1S/C11H16BrNO/c1-11(2,13-3)7-8-5-4-6-9(14)10(8)12/h4-6,13-14H,7H2,1-3H3. The van der Waals surface area contributed by atoms with Gasteiger partial charge >= 0.3 is 0 Å². The lowest BCUT2D eigenvalue weighted by atomic mass is 9.95. The number of rotatable bonds is 3. The molecule has 0 aliphatic rings. The van der Waals surface area contributed by atoms with E-state index in [0.717, 1.165) is 16.5 Å². The molecule has 0 amide bonds. The van der Waals surface area contributed by atoms with Gasteiger partial charge in [0.2, 0.25) is 0 Å². The van der Waals surface area contributed by atoms with Gasteiger partial charge in [-0.15, -0.1) is 0 Å². The molecule has 2 N–H and O–H groups in total. The maximum absolute atomic E-state index is 9.50. The molecule has 0 aliphatic heterocycles. The number of phenolic OH excluding ortho intramolecular Hbond substituents is 1. The molecular weight excluding hydrogens is 242 g/mol. The Labute approximate surface area is 93.5 Å². The molecule has 0 aliphatic carbocycles. The van der Waals surface area contributed by atoms with Gasteiger partial charge in [0.05, 0.1) is 4.47 Å². The quantitative estimate of drug-likeness (QED) is 0.873. The maximum Gasteiger partial charge on any atom is 0.130 e. The first-order chi connectivity index (χ1) is 6.46. The van der Waals surface area contributed by atoms with Crippen molar-refractivity contribution < 1.29 is 5.11 Å². The van der Waals surface area contributed by atoms with Gasteiger partial charge in [-0.2, -0.15) is 0 Å². The van der Waals surface area contributed by atoms with Crippen LogP contribution in [0, 0.1) is 0 Å². The summed E-state index contributed by atoms with van der Waals surface area (Å²) in [6.45, 7) is 4.26. The number of hydrogen-bond donors (Lipinski definition) is 2. The highest BCUT2D eigenvalue weighted by atomic mass is 79.9. The first-order valence-electron chi connectivity index (χ1n) is 4.61. The van der Waals surface area contributed by atoms with Gasteiger partial charge in [0.1, 0.15) is 5.75 Å². The zero-order valence-corrected chi connectivity index (χ0v) is 10.4. The summed E-state index contributed by atoms with van der Waals surface area (Å²) in [6, 6.07) is 5.56. The van der Waals surface area contributed by atoms with Crippen molar-refractivity contribution in [3.63, 3.8) is 0 Å². The molecule has 1 aromatic carbocycles. The molecule has 3 heteroatoms. The number of aromatic hydroxyl groups is 1. The molecule has 1 aromatic rings. The molecule has 1 rings (SSSR count). The van der Waals surface area contributed by atoms with Crippen LogP contribution in [0.5, 0.6) is 5.75 Å². The van der Waals surface area contributed by atoms with E-state index in [0.29, 0.717) is 5.75 Å². The molecule has 0 spiro atoms. The van der Waals surface area contributed by atoms with E-state index in [9.17, 15) is 5.11 Å². The van der Waals surface area contributed by atoms with Gasteiger partial charge in [0.25, 0.3) is 0 Å². The molecule has 0 saturated heterocycles. The largest absolute Gasteiger partial charge is 0.507 e. The molecule has 0 unspecified atom stereocenters. The Morgan fingerprint density at radius 3 is 2.64 bits per heavy atom. The Morgan fingerprint density at radius 1 is 1.43 bits per heavy atom. The van der Waals surface area contributed by atoms with Crippen molar-refractivity contribution >= 4 is 15.9 Å². The minimum Gasteiger partial charge on any atom is -0.507 e. The predicted octanol–water partition coefficient (Wildman–Crippen LogP) is 2.70. The topological polar surface area (TPSA) is 32.3 Å². The number of benzene rings is 1. The average molecular weight is 258 g/mol. The molecule has 0 bridgehead atoms. The van der Waals surface area contributed by atoms with Crippen molar-refractivity contribution in [2.75, 3.05) is 7.05 Å². The highest BCUT2D eigenvalue weighted by Gasteiger charge is 2.17. The second-order valence-corrected chi connectivity index (χ2v) is 4.85. The molecule has 0 aromatic heterocycles. The van der Waals surface area contributed by atoms with Gasteiger partial charge in [-0.3, -0.25) is 0 Å². The fourth-order valence-corrected chi connectivity index (χ4v) is 1.67. The lowest BCUT2D eigenvalue weighted by Gasteiger charge is -2.24. The highest BCUT2D eigenvalue weighted by molar-refractivity contribution is 9.10. The van der Waals surface area contributed by atoms with Crippen molar-refractivity contribution in [3.8, 4) is 5.75 Å². The van der Waals surface area contributed by atoms with E-state index in [1.807, 2.05) is 19.2 Å². The number of halogens is 1. The van der Waals surface area contributed by atoms with Gasteiger partial charge in [-0.05, 0) is 54.9 Å². The summed E-state index contributed by atoms with van der Waals surface area (Å²) in [7, 11) is 1.94. The SMILES string of the molecule is CNC(C)(C)Cc1cccc(O)c1Br. The molecule has 2 nitrogen and oxygen atoms in total. The monoisotopic (exact) mass is 257 g/mol. The van der Waals surface area contributed by atoms with E-state index < -0.39 is 0 Å². The van der Waals surface area contributed by atoms with Crippen LogP contribution in [0.4, 0.5) is 0 Å². The summed E-state index contributed by atoms with van der Waals surface area (Å²) < 4.78 is 0.795. The Kier molecular flexibility index (Phi) is 3.56. The van der Waals surface area contributed by atoms with Gasteiger partial charge < -0.3 is 10.4 Å². The Morgan fingerprint density at radius 2 is 2.07 bits per heavy atom. The van der Waals surface area contributed by atoms with Gasteiger partial charge in [-0.25, -0.2) is 0 Å². The zero-order chi connectivity index (χ0) is 10.8. The average Bonchev–Trinajstić information content (AvgIpc) is 2.13. The number of likely N-dealkylation sites (N-methyl/N-ethyl adjacent to an activating group) is 1. The van der Waals surface area contributed by atoms with Crippen LogP contribution < -0.4 is 5.32 Å². The van der Waals surface area contributed by atoms with Crippen LogP contribution in [0.25, 0.3) is 0 Å². The van der Waals surface area contributed by atoms with E-state index >= 15 is 0 Å². The Hall–Kier alpha value is -0.540. The number of nitrogens with one attached hydrogen (secondary N) is 1. The summed E-state index contributed by atoms with van der Waals surface area (Å²) in [5.41, 5.74) is 1.15. The molecule has 0 saturated carbocycles. The third-order valence-corrected chi connectivity index (χ3v) is 3.28.